The van der Waals surface area contributed by atoms with Crippen LogP contribution in [0.2, 0.25) is 0 Å². The Kier molecular flexibility index (Phi) is 7.85. The molecule has 0 bridgehead atoms. The van der Waals surface area contributed by atoms with Gasteiger partial charge in [0.2, 0.25) is 11.8 Å². The Bertz CT molecular complexity index is 1090. The number of esters is 1. The Morgan fingerprint density at radius 3 is 2.22 bits per heavy atom. The van der Waals surface area contributed by atoms with Crippen molar-refractivity contribution in [3.05, 3.63) is 72.1 Å². The normalized spacial score (nSPS) is 12.6. The molecule has 1 heterocycles. The predicted molar refractivity (Wildman–Crippen MR) is 119 cm³/mol. The number of carbonyl (C=O) groups is 3. The minimum Gasteiger partial charge on any atom is -0.467 e. The zero-order valence-electron chi connectivity index (χ0n) is 18.1. The lowest BCUT2D eigenvalue weighted by molar-refractivity contribution is -0.145. The minimum absolute atomic E-state index is 0.00663. The van der Waals surface area contributed by atoms with E-state index in [1.54, 1.807) is 6.20 Å². The number of amides is 2. The fourth-order valence-corrected chi connectivity index (χ4v) is 3.27. The van der Waals surface area contributed by atoms with E-state index in [1.165, 1.54) is 7.11 Å². The molecule has 0 spiro atoms. The smallest absolute Gasteiger partial charge is 0.328 e. The van der Waals surface area contributed by atoms with Crippen LogP contribution in [-0.2, 0) is 25.5 Å². The standard InChI is InChI=1S/C24H26N4O4/c1-16(17-8-4-3-5-9-17)26-22(29)12-13-23(30)28-21(24(31)32-2)14-18-15-25-19-10-6-7-11-20(19)27-18/h3-11,15-16,21H,12-14H2,1-2H3,(H,26,29)(H,28,30)/t16-,21+/m1/s1. The Balaban J connectivity index is 1.54. The van der Waals surface area contributed by atoms with Crippen LogP contribution < -0.4 is 10.6 Å². The number of nitrogens with zero attached hydrogens (tertiary/aromatic N) is 2. The van der Waals surface area contributed by atoms with Gasteiger partial charge in [-0.15, -0.1) is 0 Å². The molecule has 0 unspecified atom stereocenters. The van der Waals surface area contributed by atoms with E-state index in [-0.39, 0.29) is 31.2 Å². The van der Waals surface area contributed by atoms with Crippen molar-refractivity contribution in [1.82, 2.24) is 20.6 Å². The molecular formula is C24H26N4O4. The van der Waals surface area contributed by atoms with Crippen LogP contribution in [0, 0.1) is 0 Å². The number of methoxy groups -OCH3 is 1. The number of aromatic nitrogens is 2. The maximum absolute atomic E-state index is 12.4. The number of hydrogen-bond acceptors (Lipinski definition) is 6. The summed E-state index contributed by atoms with van der Waals surface area (Å²) in [5.74, 6) is -1.25. The van der Waals surface area contributed by atoms with Gasteiger partial charge in [-0.05, 0) is 24.6 Å². The first kappa shape index (κ1) is 22.9. The number of para-hydroxylation sites is 2. The number of rotatable bonds is 9. The molecule has 32 heavy (non-hydrogen) atoms. The van der Waals surface area contributed by atoms with Crippen molar-refractivity contribution in [3.63, 3.8) is 0 Å². The van der Waals surface area contributed by atoms with E-state index in [9.17, 15) is 14.4 Å². The SMILES string of the molecule is COC(=O)[C@H](Cc1cnc2ccccc2n1)NC(=O)CCC(=O)N[C@H](C)c1ccccc1. The highest BCUT2D eigenvalue weighted by Crippen LogP contribution is 2.12. The molecule has 0 aliphatic heterocycles. The molecule has 0 aliphatic rings. The van der Waals surface area contributed by atoms with Gasteiger partial charge in [-0.2, -0.15) is 0 Å². The fraction of sp³-hybridized carbons (Fsp3) is 0.292. The van der Waals surface area contributed by atoms with Crippen molar-refractivity contribution in [3.8, 4) is 0 Å². The lowest BCUT2D eigenvalue weighted by atomic mass is 10.1. The Morgan fingerprint density at radius 2 is 1.53 bits per heavy atom. The summed E-state index contributed by atoms with van der Waals surface area (Å²) in [6.45, 7) is 1.88. The van der Waals surface area contributed by atoms with Crippen LogP contribution >= 0.6 is 0 Å². The van der Waals surface area contributed by atoms with Crippen LogP contribution in [0.4, 0.5) is 0 Å². The van der Waals surface area contributed by atoms with E-state index in [4.69, 9.17) is 4.74 Å². The van der Waals surface area contributed by atoms with Gasteiger partial charge in [-0.25, -0.2) is 9.78 Å². The molecule has 2 aromatic carbocycles. The molecule has 8 nitrogen and oxygen atoms in total. The largest absolute Gasteiger partial charge is 0.467 e. The zero-order valence-corrected chi connectivity index (χ0v) is 18.1. The average Bonchev–Trinajstić information content (AvgIpc) is 2.82. The van der Waals surface area contributed by atoms with Crippen LogP contribution in [0.5, 0.6) is 0 Å². The average molecular weight is 434 g/mol. The zero-order chi connectivity index (χ0) is 22.9. The monoisotopic (exact) mass is 434 g/mol. The topological polar surface area (TPSA) is 110 Å². The van der Waals surface area contributed by atoms with Gasteiger partial charge in [0.1, 0.15) is 6.04 Å². The van der Waals surface area contributed by atoms with Crippen LogP contribution in [0.3, 0.4) is 0 Å². The summed E-state index contributed by atoms with van der Waals surface area (Å²) in [6, 6.07) is 15.9. The number of hydrogen-bond donors (Lipinski definition) is 2. The second-order valence-corrected chi connectivity index (χ2v) is 7.40. The van der Waals surface area contributed by atoms with E-state index in [0.717, 1.165) is 11.1 Å². The summed E-state index contributed by atoms with van der Waals surface area (Å²) in [4.78, 5) is 45.6. The molecule has 8 heteroatoms. The van der Waals surface area contributed by atoms with Crippen molar-refractivity contribution in [2.75, 3.05) is 7.11 Å². The molecule has 0 aliphatic carbocycles. The summed E-state index contributed by atoms with van der Waals surface area (Å²) < 4.78 is 4.82. The van der Waals surface area contributed by atoms with Gasteiger partial charge >= 0.3 is 5.97 Å². The molecule has 2 amide bonds. The van der Waals surface area contributed by atoms with Crippen molar-refractivity contribution in [1.29, 1.82) is 0 Å². The van der Waals surface area contributed by atoms with E-state index in [0.29, 0.717) is 11.2 Å². The second kappa shape index (κ2) is 11.0. The maximum Gasteiger partial charge on any atom is 0.328 e. The highest BCUT2D eigenvalue weighted by Gasteiger charge is 2.23. The Hall–Kier alpha value is -3.81. The Morgan fingerprint density at radius 1 is 0.906 bits per heavy atom. The second-order valence-electron chi connectivity index (χ2n) is 7.40. The number of ether oxygens (including phenoxy) is 1. The van der Waals surface area contributed by atoms with Crippen molar-refractivity contribution < 1.29 is 19.1 Å². The summed E-state index contributed by atoms with van der Waals surface area (Å²) in [5.41, 5.74) is 2.97. The van der Waals surface area contributed by atoms with E-state index < -0.39 is 17.9 Å². The first-order chi connectivity index (χ1) is 15.5. The molecule has 1 aromatic heterocycles. The highest BCUT2D eigenvalue weighted by atomic mass is 16.5. The summed E-state index contributed by atoms with van der Waals surface area (Å²) in [6.07, 6.45) is 1.66. The van der Waals surface area contributed by atoms with Gasteiger partial charge in [-0.3, -0.25) is 14.6 Å². The van der Waals surface area contributed by atoms with Gasteiger partial charge in [-0.1, -0.05) is 42.5 Å². The molecule has 2 atom stereocenters. The van der Waals surface area contributed by atoms with Crippen LogP contribution in [-0.4, -0.2) is 40.9 Å². The van der Waals surface area contributed by atoms with E-state index in [1.807, 2.05) is 61.5 Å². The predicted octanol–water partition coefficient (Wildman–Crippen LogP) is 2.49. The molecular weight excluding hydrogens is 408 g/mol. The van der Waals surface area contributed by atoms with Crippen LogP contribution in [0.25, 0.3) is 11.0 Å². The maximum atomic E-state index is 12.4. The number of benzene rings is 2. The number of carbonyl (C=O) groups excluding carboxylic acids is 3. The fourth-order valence-electron chi connectivity index (χ4n) is 3.27. The van der Waals surface area contributed by atoms with Crippen molar-refractivity contribution in [2.45, 2.75) is 38.3 Å². The first-order valence-electron chi connectivity index (χ1n) is 10.4. The van der Waals surface area contributed by atoms with Gasteiger partial charge in [0.25, 0.3) is 0 Å². The van der Waals surface area contributed by atoms with Crippen LogP contribution in [0.1, 0.15) is 37.1 Å². The third-order valence-corrected chi connectivity index (χ3v) is 4.99. The van der Waals surface area contributed by atoms with Gasteiger partial charge < -0.3 is 15.4 Å². The molecule has 0 fully saturated rings. The van der Waals surface area contributed by atoms with Crippen LogP contribution in [0.15, 0.2) is 60.8 Å². The van der Waals surface area contributed by atoms with Gasteiger partial charge in [0.15, 0.2) is 0 Å². The first-order valence-corrected chi connectivity index (χ1v) is 10.4. The summed E-state index contributed by atoms with van der Waals surface area (Å²) in [5, 5.41) is 5.51. The molecule has 166 valence electrons. The molecule has 3 aromatic rings. The van der Waals surface area contributed by atoms with Gasteiger partial charge in [0.05, 0.1) is 29.9 Å². The minimum atomic E-state index is -0.922. The summed E-state index contributed by atoms with van der Waals surface area (Å²) in [7, 11) is 1.26. The lowest BCUT2D eigenvalue weighted by Crippen LogP contribution is -2.43. The van der Waals surface area contributed by atoms with E-state index in [2.05, 4.69) is 20.6 Å². The highest BCUT2D eigenvalue weighted by molar-refractivity contribution is 5.87. The molecule has 0 saturated carbocycles. The quantitative estimate of drug-likeness (QED) is 0.501. The van der Waals surface area contributed by atoms with E-state index >= 15 is 0 Å². The number of fused-ring (bicyclic) bond motifs is 1. The third-order valence-electron chi connectivity index (χ3n) is 4.99. The molecule has 0 saturated heterocycles. The molecule has 3 rings (SSSR count). The van der Waals surface area contributed by atoms with Crippen molar-refractivity contribution >= 4 is 28.8 Å². The number of nitrogens with one attached hydrogen (secondary N) is 2. The lowest BCUT2D eigenvalue weighted by Gasteiger charge is -2.17. The van der Waals surface area contributed by atoms with Gasteiger partial charge in [0, 0.05) is 25.5 Å². The summed E-state index contributed by atoms with van der Waals surface area (Å²) >= 11 is 0. The molecule has 2 N–H and O–H groups in total. The Labute approximate surface area is 186 Å². The van der Waals surface area contributed by atoms with Crippen molar-refractivity contribution in [2.24, 2.45) is 0 Å². The molecule has 0 radical (unpaired) electrons. The third kappa shape index (κ3) is 6.34.